The number of aromatic nitrogens is 2. The molecular weight excluding hydrogens is 420 g/mol. The maximum absolute atomic E-state index is 15.2. The van der Waals surface area contributed by atoms with Gasteiger partial charge in [0.05, 0.1) is 18.2 Å². The third-order valence-corrected chi connectivity index (χ3v) is 4.66. The lowest BCUT2D eigenvalue weighted by molar-refractivity contribution is 0.431. The zero-order valence-electron chi connectivity index (χ0n) is 15.1. The first-order valence-corrected chi connectivity index (χ1v) is 9.26. The molecule has 0 spiro atoms. The second kappa shape index (κ2) is 8.52. The monoisotopic (exact) mass is 433 g/mol. The van der Waals surface area contributed by atoms with Crippen LogP contribution in [0.3, 0.4) is 0 Å². The summed E-state index contributed by atoms with van der Waals surface area (Å²) in [6.07, 6.45) is 1.63. The molecule has 0 saturated heterocycles. The largest absolute Gasteiger partial charge is 0.454 e. The molecule has 1 aromatic heterocycles. The number of hydrogen-bond acceptors (Lipinski definition) is 4. The van der Waals surface area contributed by atoms with Gasteiger partial charge in [0.1, 0.15) is 10.8 Å². The second-order valence-corrected chi connectivity index (χ2v) is 6.98. The molecule has 0 aliphatic heterocycles. The minimum absolute atomic E-state index is 0.0280. The molecule has 6 nitrogen and oxygen atoms in total. The zero-order valence-corrected chi connectivity index (χ0v) is 16.6. The van der Waals surface area contributed by atoms with Crippen molar-refractivity contribution in [1.29, 1.82) is 5.26 Å². The van der Waals surface area contributed by atoms with Crippen molar-refractivity contribution in [3.05, 3.63) is 89.9 Å². The first kappa shape index (κ1) is 20.6. The summed E-state index contributed by atoms with van der Waals surface area (Å²) in [6, 6.07) is 9.56. The Balaban J connectivity index is 2.04. The molecule has 1 N–H and O–H groups in total. The lowest BCUT2D eigenvalue weighted by atomic mass is 10.1. The van der Waals surface area contributed by atoms with Gasteiger partial charge in [0.2, 0.25) is 0 Å². The van der Waals surface area contributed by atoms with Gasteiger partial charge in [-0.25, -0.2) is 9.18 Å². The van der Waals surface area contributed by atoms with E-state index in [4.69, 9.17) is 33.2 Å². The van der Waals surface area contributed by atoms with Gasteiger partial charge in [0, 0.05) is 16.8 Å². The third kappa shape index (κ3) is 4.50. The number of aromatic amines is 1. The first-order chi connectivity index (χ1) is 13.8. The van der Waals surface area contributed by atoms with Gasteiger partial charge >= 0.3 is 5.69 Å². The second-order valence-electron chi connectivity index (χ2n) is 6.13. The zero-order chi connectivity index (χ0) is 21.1. The number of ether oxygens (including phenoxy) is 1. The molecule has 148 valence electrons. The average Bonchev–Trinajstić information content (AvgIpc) is 2.68. The first-order valence-electron chi connectivity index (χ1n) is 8.50. The van der Waals surface area contributed by atoms with E-state index in [1.807, 2.05) is 13.0 Å². The fourth-order valence-electron chi connectivity index (χ4n) is 2.74. The number of halogens is 3. The highest BCUT2D eigenvalue weighted by Gasteiger charge is 2.17. The SMILES string of the molecule is CCc1ccc(Cn2cc(Cl)c(=O)[nH]c2=O)c(F)c1Oc1cc(Cl)cc(C#N)c1. The molecule has 9 heteroatoms. The summed E-state index contributed by atoms with van der Waals surface area (Å²) < 4.78 is 22.1. The highest BCUT2D eigenvalue weighted by atomic mass is 35.5. The van der Waals surface area contributed by atoms with Crippen molar-refractivity contribution < 1.29 is 9.13 Å². The molecule has 3 aromatic rings. The Morgan fingerprint density at radius 1 is 1.21 bits per heavy atom. The Morgan fingerprint density at radius 3 is 2.62 bits per heavy atom. The van der Waals surface area contributed by atoms with Crippen molar-refractivity contribution in [1.82, 2.24) is 9.55 Å². The lowest BCUT2D eigenvalue weighted by Gasteiger charge is -2.15. The molecule has 0 atom stereocenters. The van der Waals surface area contributed by atoms with Gasteiger partial charge in [-0.05, 0) is 30.2 Å². The standard InChI is InChI=1S/C20H14Cl2FN3O3/c1-2-12-3-4-13(9-26-10-16(22)19(27)25-20(26)28)17(23)18(12)29-15-6-11(8-24)5-14(21)7-15/h3-7,10H,2,9H2,1H3,(H,25,27,28). The Kier molecular flexibility index (Phi) is 6.06. The van der Waals surface area contributed by atoms with Crippen LogP contribution in [0.1, 0.15) is 23.6 Å². The summed E-state index contributed by atoms with van der Waals surface area (Å²) in [4.78, 5) is 25.4. The summed E-state index contributed by atoms with van der Waals surface area (Å²) >= 11 is 11.7. The molecule has 0 amide bonds. The van der Waals surface area contributed by atoms with Crippen molar-refractivity contribution in [2.45, 2.75) is 19.9 Å². The van der Waals surface area contributed by atoms with Crippen LogP contribution in [-0.2, 0) is 13.0 Å². The lowest BCUT2D eigenvalue weighted by Crippen LogP contribution is -2.30. The molecule has 0 radical (unpaired) electrons. The summed E-state index contributed by atoms with van der Waals surface area (Å²) in [7, 11) is 0. The molecule has 0 saturated carbocycles. The summed E-state index contributed by atoms with van der Waals surface area (Å²) in [5.41, 5.74) is -0.402. The van der Waals surface area contributed by atoms with Crippen LogP contribution < -0.4 is 16.0 Å². The Bertz CT molecular complexity index is 1250. The van der Waals surface area contributed by atoms with E-state index in [1.165, 1.54) is 24.3 Å². The molecule has 0 aliphatic rings. The Morgan fingerprint density at radius 2 is 1.93 bits per heavy atom. The summed E-state index contributed by atoms with van der Waals surface area (Å²) in [6.45, 7) is 1.67. The van der Waals surface area contributed by atoms with Crippen molar-refractivity contribution >= 4 is 23.2 Å². The van der Waals surface area contributed by atoms with E-state index in [9.17, 15) is 9.59 Å². The van der Waals surface area contributed by atoms with Crippen molar-refractivity contribution in [2.75, 3.05) is 0 Å². The van der Waals surface area contributed by atoms with Crippen LogP contribution in [0.4, 0.5) is 4.39 Å². The van der Waals surface area contributed by atoms with Gasteiger partial charge in [-0.3, -0.25) is 14.3 Å². The van der Waals surface area contributed by atoms with Gasteiger partial charge in [0.25, 0.3) is 5.56 Å². The highest BCUT2D eigenvalue weighted by Crippen LogP contribution is 2.33. The van der Waals surface area contributed by atoms with E-state index >= 15 is 4.39 Å². The van der Waals surface area contributed by atoms with Crippen LogP contribution in [-0.4, -0.2) is 9.55 Å². The molecule has 0 bridgehead atoms. The minimum atomic E-state index is -0.715. The van der Waals surface area contributed by atoms with Gasteiger partial charge in [-0.15, -0.1) is 0 Å². The number of nitriles is 1. The van der Waals surface area contributed by atoms with Crippen molar-refractivity contribution in [3.63, 3.8) is 0 Å². The van der Waals surface area contributed by atoms with Crippen molar-refractivity contribution in [3.8, 4) is 17.6 Å². The van der Waals surface area contributed by atoms with E-state index in [2.05, 4.69) is 4.98 Å². The van der Waals surface area contributed by atoms with E-state index < -0.39 is 17.1 Å². The highest BCUT2D eigenvalue weighted by molar-refractivity contribution is 6.30. The van der Waals surface area contributed by atoms with Crippen LogP contribution in [0.2, 0.25) is 10.0 Å². The topological polar surface area (TPSA) is 87.9 Å². The van der Waals surface area contributed by atoms with Crippen molar-refractivity contribution in [2.24, 2.45) is 0 Å². The van der Waals surface area contributed by atoms with Crippen LogP contribution in [0, 0.1) is 17.1 Å². The van der Waals surface area contributed by atoms with Crippen LogP contribution in [0.15, 0.2) is 46.1 Å². The van der Waals surface area contributed by atoms with Crippen LogP contribution >= 0.6 is 23.2 Å². The fourth-order valence-corrected chi connectivity index (χ4v) is 3.13. The van der Waals surface area contributed by atoms with Gasteiger partial charge in [-0.1, -0.05) is 42.3 Å². The maximum Gasteiger partial charge on any atom is 0.328 e. The molecule has 29 heavy (non-hydrogen) atoms. The third-order valence-electron chi connectivity index (χ3n) is 4.17. The van der Waals surface area contributed by atoms with Gasteiger partial charge < -0.3 is 4.74 Å². The number of nitrogens with one attached hydrogen (secondary N) is 1. The number of H-pyrrole nitrogens is 1. The summed E-state index contributed by atoms with van der Waals surface area (Å²) in [5.74, 6) is -0.485. The van der Waals surface area contributed by atoms with E-state index in [1.54, 1.807) is 6.07 Å². The average molecular weight is 434 g/mol. The van der Waals surface area contributed by atoms with E-state index in [-0.39, 0.29) is 39.2 Å². The molecule has 2 aromatic carbocycles. The Hall–Kier alpha value is -3.08. The van der Waals surface area contributed by atoms with E-state index in [0.717, 1.165) is 10.8 Å². The molecule has 3 rings (SSSR count). The smallest absolute Gasteiger partial charge is 0.328 e. The minimum Gasteiger partial charge on any atom is -0.454 e. The van der Waals surface area contributed by atoms with E-state index in [0.29, 0.717) is 12.0 Å². The molecule has 0 fully saturated rings. The predicted molar refractivity (Wildman–Crippen MR) is 107 cm³/mol. The predicted octanol–water partition coefficient (Wildman–Crippen LogP) is 4.26. The quantitative estimate of drug-likeness (QED) is 0.650. The Labute approximate surface area is 174 Å². The normalized spacial score (nSPS) is 10.6. The number of aryl methyl sites for hydroxylation is 1. The number of nitrogens with zero attached hydrogens (tertiary/aromatic N) is 2. The molecule has 0 unspecified atom stereocenters. The molecule has 1 heterocycles. The van der Waals surface area contributed by atoms with Gasteiger partial charge in [0.15, 0.2) is 11.6 Å². The van der Waals surface area contributed by atoms with Crippen LogP contribution in [0.5, 0.6) is 11.5 Å². The van der Waals surface area contributed by atoms with Crippen LogP contribution in [0.25, 0.3) is 0 Å². The maximum atomic E-state index is 15.2. The number of benzene rings is 2. The molecular formula is C20H14Cl2FN3O3. The summed E-state index contributed by atoms with van der Waals surface area (Å²) in [5, 5.41) is 9.17. The van der Waals surface area contributed by atoms with Gasteiger partial charge in [-0.2, -0.15) is 5.26 Å². The number of hydrogen-bond donors (Lipinski definition) is 1. The fraction of sp³-hybridized carbons (Fsp3) is 0.150. The number of rotatable bonds is 5. The molecule has 0 aliphatic carbocycles.